The van der Waals surface area contributed by atoms with Crippen LogP contribution in [0.25, 0.3) is 0 Å². The van der Waals surface area contributed by atoms with E-state index in [1.807, 2.05) is 0 Å². The van der Waals surface area contributed by atoms with Crippen LogP contribution in [0.3, 0.4) is 0 Å². The standard InChI is InChI=1S/C66H83N3O5S2/c1-35-24-37-13-15-50-41-25-42-32-69(50)57(37)55-45-18-22-64-59(58(70)46-14-16-51(42)68(31-41)56(46)38-17-21-62(28-38)19-4-5-20-62)73-61(72)65(64)52(66(64)49-12-6-9-36(10-7-23-67)53(49)60(71)74-66)27-40-26-47-43(29-63(35,55)30-48(47)54(45)65)34-76-75-33-39-8-2-3-11-44(39)40/h6,9,12,26,35,38-44,46,48,50-52,55-56,70H,2-5,7-8,10-11,13-25,27-34,67H2,1H3/t35-,38+,39+,40+,41-,42-,43+,44-,46+,48+,50-,51+,52-,55+,56+,63+,64+,65+,66+/m0/s1. The molecule has 0 radical (unpaired) electrons. The largest absolute Gasteiger partial charge is 0.508 e. The zero-order valence-electron chi connectivity index (χ0n) is 45.3. The van der Waals surface area contributed by atoms with Crippen molar-refractivity contribution in [2.24, 2.45) is 98.4 Å². The minimum absolute atomic E-state index is 0.0998. The fraction of sp³-hybridized carbons (Fsp3) is 0.758. The molecule has 5 spiro atoms. The number of ether oxygens (including phenoxy) is 2. The summed E-state index contributed by atoms with van der Waals surface area (Å²) in [6, 6.07) is 7.85. The Labute approximate surface area is 459 Å². The van der Waals surface area contributed by atoms with Crippen molar-refractivity contribution in [2.45, 2.75) is 185 Å². The number of hydrogen-bond acceptors (Lipinski definition) is 10. The number of piperidine rings is 3. The number of esters is 2. The zero-order chi connectivity index (χ0) is 50.4. The van der Waals surface area contributed by atoms with Gasteiger partial charge >= 0.3 is 11.9 Å². The number of aliphatic hydroxyl groups excluding tert-OH is 1. The number of fused-ring (bicyclic) bond motifs is 11. The van der Waals surface area contributed by atoms with Crippen molar-refractivity contribution in [2.75, 3.05) is 31.1 Å². The van der Waals surface area contributed by atoms with Gasteiger partial charge in [-0.05, 0) is 204 Å². The van der Waals surface area contributed by atoms with Gasteiger partial charge < -0.3 is 25.2 Å². The first-order chi connectivity index (χ1) is 37.1. The molecule has 1 aromatic rings. The molecule has 76 heavy (non-hydrogen) atoms. The zero-order valence-corrected chi connectivity index (χ0v) is 47.0. The molecule has 10 heteroatoms. The Morgan fingerprint density at radius 1 is 0.855 bits per heavy atom. The van der Waals surface area contributed by atoms with Gasteiger partial charge in [0.1, 0.15) is 11.2 Å². The Morgan fingerprint density at radius 2 is 1.72 bits per heavy atom. The number of aliphatic hydroxyl groups is 1. The van der Waals surface area contributed by atoms with E-state index >= 15 is 9.59 Å². The van der Waals surface area contributed by atoms with E-state index in [0.717, 1.165) is 67.5 Å². The maximum atomic E-state index is 17.1. The quantitative estimate of drug-likeness (QED) is 0.172. The molecule has 0 amide bonds. The normalized spacial score (nSPS) is 49.3. The van der Waals surface area contributed by atoms with E-state index in [1.54, 1.807) is 22.4 Å². The number of rotatable bonds is 4. The van der Waals surface area contributed by atoms with Crippen molar-refractivity contribution in [3.8, 4) is 0 Å². The minimum atomic E-state index is -1.15. The van der Waals surface area contributed by atoms with Crippen LogP contribution in [0.4, 0.5) is 0 Å². The van der Waals surface area contributed by atoms with Gasteiger partial charge in [-0.1, -0.05) is 95.2 Å². The maximum absolute atomic E-state index is 17.1. The molecule has 0 unspecified atom stereocenters. The van der Waals surface area contributed by atoms with Crippen LogP contribution < -0.4 is 5.73 Å². The summed E-state index contributed by atoms with van der Waals surface area (Å²) < 4.78 is 15.2. The first-order valence-electron chi connectivity index (χ1n) is 31.8. The Bertz CT molecular complexity index is 2900. The number of allylic oxidation sites excluding steroid dienone is 4. The molecule has 0 aromatic heterocycles. The monoisotopic (exact) mass is 1060 g/mol. The van der Waals surface area contributed by atoms with Crippen molar-refractivity contribution < 1.29 is 24.2 Å². The SMILES string of the molecule is C[C@H]1CC2=C3[C@H]4C5=C6[C@@H]7C[C@@]41C[C@@H]1CSSC[C@H]4CCCC[C@@H]4[C@H](C=C17)C[C@H]1[C@]64C(=O)OC(=C(O)[C@@H]6CC[C@@H]7[C@H]8C[C@@H](CN7[C@@H]6[C@@H]6CCC7(CCCC7)C6)[C@H](CC2)N3C8)[C@@]4(CC5)[C@]12OC(=O)c1c(CCCN)cccc12. The van der Waals surface area contributed by atoms with Crippen LogP contribution in [0.5, 0.6) is 0 Å². The first kappa shape index (κ1) is 47.0. The van der Waals surface area contributed by atoms with Crippen molar-refractivity contribution >= 4 is 33.5 Å². The lowest BCUT2D eigenvalue weighted by Crippen LogP contribution is -2.78. The van der Waals surface area contributed by atoms with Crippen molar-refractivity contribution in [1.29, 1.82) is 0 Å². The fourth-order valence-corrected chi connectivity index (χ4v) is 28.1. The predicted octanol–water partition coefficient (Wildman–Crippen LogP) is 13.0. The van der Waals surface area contributed by atoms with Gasteiger partial charge in [0.05, 0.1) is 11.0 Å². The highest BCUT2D eigenvalue weighted by Gasteiger charge is 2.94. The van der Waals surface area contributed by atoms with E-state index in [4.69, 9.17) is 15.2 Å². The molecule has 17 aliphatic rings. The van der Waals surface area contributed by atoms with Gasteiger partial charge in [-0.3, -0.25) is 9.69 Å². The molecule has 18 rings (SSSR count). The van der Waals surface area contributed by atoms with E-state index in [1.165, 1.54) is 121 Å². The van der Waals surface area contributed by atoms with Gasteiger partial charge in [-0.2, -0.15) is 0 Å². The molecule has 1 aromatic carbocycles. The molecule has 11 bridgehead atoms. The second-order valence-corrected chi connectivity index (χ2v) is 32.1. The third-order valence-corrected chi connectivity index (χ3v) is 30.1. The molecule has 8 heterocycles. The van der Waals surface area contributed by atoms with Crippen LogP contribution >= 0.6 is 21.6 Å². The van der Waals surface area contributed by atoms with Gasteiger partial charge in [-0.25, -0.2) is 4.79 Å². The first-order valence-corrected chi connectivity index (χ1v) is 34.3. The number of aryl methyl sites for hydroxylation is 1. The lowest BCUT2D eigenvalue weighted by molar-refractivity contribution is -0.284. The molecule has 4 saturated heterocycles. The molecule has 9 aliphatic carbocycles. The highest BCUT2D eigenvalue weighted by atomic mass is 33.1. The third-order valence-electron chi connectivity index (χ3n) is 27.5. The van der Waals surface area contributed by atoms with Crippen LogP contribution in [-0.2, 0) is 26.3 Å². The average Bonchev–Trinajstić information content (AvgIpc) is 2.15. The summed E-state index contributed by atoms with van der Waals surface area (Å²) in [6.45, 7) is 5.55. The van der Waals surface area contributed by atoms with E-state index in [-0.39, 0.29) is 47.1 Å². The lowest BCUT2D eigenvalue weighted by Gasteiger charge is -2.75. The van der Waals surface area contributed by atoms with Crippen LogP contribution in [0.1, 0.15) is 176 Å². The van der Waals surface area contributed by atoms with Gasteiger partial charge in [0.25, 0.3) is 0 Å². The summed E-state index contributed by atoms with van der Waals surface area (Å²) >= 11 is 0. The summed E-state index contributed by atoms with van der Waals surface area (Å²) in [5, 5.41) is 14.4. The fourth-order valence-electron chi connectivity index (χ4n) is 25.2. The van der Waals surface area contributed by atoms with Crippen LogP contribution in [0.15, 0.2) is 63.8 Å². The van der Waals surface area contributed by atoms with Crippen molar-refractivity contribution in [3.05, 3.63) is 80.5 Å². The van der Waals surface area contributed by atoms with Gasteiger partial charge in [0.2, 0.25) is 0 Å². The van der Waals surface area contributed by atoms with Crippen LogP contribution in [0.2, 0.25) is 0 Å². The average molecular weight is 1060 g/mol. The summed E-state index contributed by atoms with van der Waals surface area (Å²) in [5.41, 5.74) is 14.5. The second-order valence-electron chi connectivity index (χ2n) is 29.6. The minimum Gasteiger partial charge on any atom is -0.508 e. The molecule has 404 valence electrons. The number of benzene rings is 1. The summed E-state index contributed by atoms with van der Waals surface area (Å²) in [7, 11) is 4.36. The number of nitrogens with two attached hydrogens (primary N) is 1. The van der Waals surface area contributed by atoms with E-state index in [2.05, 4.69) is 62.6 Å². The molecular formula is C66H83N3O5S2. The highest BCUT2D eigenvalue weighted by molar-refractivity contribution is 8.76. The maximum Gasteiger partial charge on any atom is 0.339 e. The Kier molecular flexibility index (Phi) is 9.95. The number of hydrogen-bond donors (Lipinski definition) is 2. The number of carbonyl (C=O) groups is 2. The molecule has 5 saturated carbocycles. The second kappa shape index (κ2) is 16.1. The topological polar surface area (TPSA) is 105 Å². The molecule has 3 N–H and O–H groups in total. The van der Waals surface area contributed by atoms with Crippen LogP contribution in [-0.4, -0.2) is 76.1 Å². The summed E-state index contributed by atoms with van der Waals surface area (Å²) in [6.07, 6.45) is 30.5. The van der Waals surface area contributed by atoms with Gasteiger partial charge in [0, 0.05) is 77.7 Å². The Balaban J connectivity index is 0.952. The summed E-state index contributed by atoms with van der Waals surface area (Å²) in [4.78, 5) is 38.9. The third kappa shape index (κ3) is 5.46. The van der Waals surface area contributed by atoms with E-state index in [9.17, 15) is 5.11 Å². The van der Waals surface area contributed by atoms with Gasteiger partial charge in [-0.15, -0.1) is 0 Å². The van der Waals surface area contributed by atoms with E-state index in [0.29, 0.717) is 95.7 Å². The smallest absolute Gasteiger partial charge is 0.339 e. The number of nitrogens with zero attached hydrogens (tertiary/aromatic N) is 2. The molecule has 8 aliphatic heterocycles. The highest BCUT2D eigenvalue weighted by Crippen LogP contribution is 2.90. The predicted molar refractivity (Wildman–Crippen MR) is 297 cm³/mol. The lowest BCUT2D eigenvalue weighted by atomic mass is 9.26. The number of carbonyl (C=O) groups excluding carboxylic acids is 2. The Hall–Kier alpha value is -2.66. The van der Waals surface area contributed by atoms with Crippen molar-refractivity contribution in [1.82, 2.24) is 9.80 Å². The summed E-state index contributed by atoms with van der Waals surface area (Å²) in [5.74, 6) is 7.14. The van der Waals surface area contributed by atoms with Crippen molar-refractivity contribution in [3.63, 3.8) is 0 Å². The Morgan fingerprint density at radius 3 is 2.62 bits per heavy atom. The molecular weight excluding hydrogens is 979 g/mol. The molecule has 19 atom stereocenters. The molecule has 8 nitrogen and oxygen atoms in total. The van der Waals surface area contributed by atoms with E-state index < -0.39 is 16.4 Å². The van der Waals surface area contributed by atoms with Gasteiger partial charge in [0.15, 0.2) is 11.4 Å². The molecule has 9 fully saturated rings. The van der Waals surface area contributed by atoms with Crippen LogP contribution in [0, 0.1) is 92.7 Å².